The predicted octanol–water partition coefficient (Wildman–Crippen LogP) is 0.547. The molecule has 0 aliphatic heterocycles. The van der Waals surface area contributed by atoms with Crippen molar-refractivity contribution in [3.63, 3.8) is 0 Å². The molecule has 7 heteroatoms. The van der Waals surface area contributed by atoms with E-state index in [4.69, 9.17) is 5.11 Å². The number of carboxylic acid groups (broad SMARTS) is 1. The maximum absolute atomic E-state index is 11.6. The molecule has 0 aromatic carbocycles. The summed E-state index contributed by atoms with van der Waals surface area (Å²) in [7, 11) is 0. The average molecular weight is 253 g/mol. The Bertz CT molecular complexity index is 604. The Morgan fingerprint density at radius 3 is 3.18 bits per heavy atom. The Morgan fingerprint density at radius 1 is 1.71 bits per heavy atom. The summed E-state index contributed by atoms with van der Waals surface area (Å²) in [5.74, 6) is -0.502. The molecule has 6 nitrogen and oxygen atoms in total. The van der Waals surface area contributed by atoms with E-state index >= 15 is 0 Å². The van der Waals surface area contributed by atoms with E-state index < -0.39 is 12.0 Å². The van der Waals surface area contributed by atoms with Crippen LogP contribution < -0.4 is 10.9 Å². The van der Waals surface area contributed by atoms with E-state index in [1.807, 2.05) is 0 Å². The highest BCUT2D eigenvalue weighted by atomic mass is 32.1. The van der Waals surface area contributed by atoms with Gasteiger partial charge in [-0.15, -0.1) is 11.3 Å². The van der Waals surface area contributed by atoms with Crippen LogP contribution in [-0.2, 0) is 11.3 Å². The van der Waals surface area contributed by atoms with Gasteiger partial charge in [-0.3, -0.25) is 14.9 Å². The standard InChI is InChI=1S/C10H11N3O3S/c1-5(10(15)16)11-4-7-12-6-2-3-17-8(6)9(14)13-7/h2-3,5,11H,4H2,1H3,(H,15,16)(H,12,13,14)/t5-/m1/s1. The molecule has 2 heterocycles. The zero-order chi connectivity index (χ0) is 12.4. The van der Waals surface area contributed by atoms with Gasteiger partial charge in [-0.25, -0.2) is 4.98 Å². The molecule has 0 bridgehead atoms. The molecule has 0 saturated heterocycles. The summed E-state index contributed by atoms with van der Waals surface area (Å²) >= 11 is 1.33. The average Bonchev–Trinajstić information content (AvgIpc) is 2.74. The molecule has 2 aromatic rings. The number of thiophene rings is 1. The molecule has 0 saturated carbocycles. The first-order valence-electron chi connectivity index (χ1n) is 5.00. The van der Waals surface area contributed by atoms with Crippen molar-refractivity contribution in [2.24, 2.45) is 0 Å². The second-order valence-corrected chi connectivity index (χ2v) is 4.50. The molecule has 0 radical (unpaired) electrons. The van der Waals surface area contributed by atoms with Crippen molar-refractivity contribution in [2.75, 3.05) is 0 Å². The molecule has 1 atom stereocenters. The Labute approximate surface area is 100 Å². The molecular weight excluding hydrogens is 242 g/mol. The molecule has 0 spiro atoms. The summed E-state index contributed by atoms with van der Waals surface area (Å²) in [6.07, 6.45) is 0. The largest absolute Gasteiger partial charge is 0.480 e. The van der Waals surface area contributed by atoms with E-state index in [-0.39, 0.29) is 12.1 Å². The monoisotopic (exact) mass is 253 g/mol. The second kappa shape index (κ2) is 4.64. The van der Waals surface area contributed by atoms with Gasteiger partial charge in [-0.1, -0.05) is 0 Å². The fraction of sp³-hybridized carbons (Fsp3) is 0.300. The van der Waals surface area contributed by atoms with Crippen LogP contribution in [0.2, 0.25) is 0 Å². The number of aromatic amines is 1. The molecule has 17 heavy (non-hydrogen) atoms. The van der Waals surface area contributed by atoms with Crippen molar-refractivity contribution in [1.82, 2.24) is 15.3 Å². The minimum Gasteiger partial charge on any atom is -0.480 e. The Hall–Kier alpha value is -1.73. The number of nitrogens with zero attached hydrogens (tertiary/aromatic N) is 1. The van der Waals surface area contributed by atoms with Crippen LogP contribution >= 0.6 is 11.3 Å². The smallest absolute Gasteiger partial charge is 0.320 e. The molecule has 2 aromatic heterocycles. The number of hydrogen-bond acceptors (Lipinski definition) is 5. The molecular formula is C10H11N3O3S. The minimum absolute atomic E-state index is 0.190. The lowest BCUT2D eigenvalue weighted by atomic mass is 10.3. The third-order valence-electron chi connectivity index (χ3n) is 2.31. The molecule has 0 fully saturated rings. The lowest BCUT2D eigenvalue weighted by molar-refractivity contribution is -0.139. The van der Waals surface area contributed by atoms with Crippen LogP contribution in [0.25, 0.3) is 10.2 Å². The van der Waals surface area contributed by atoms with Crippen molar-refractivity contribution in [1.29, 1.82) is 0 Å². The van der Waals surface area contributed by atoms with Crippen molar-refractivity contribution in [2.45, 2.75) is 19.5 Å². The van der Waals surface area contributed by atoms with Gasteiger partial charge in [0.1, 0.15) is 16.6 Å². The van der Waals surface area contributed by atoms with Crippen LogP contribution in [0.15, 0.2) is 16.2 Å². The molecule has 3 N–H and O–H groups in total. The molecule has 90 valence electrons. The maximum atomic E-state index is 11.6. The van der Waals surface area contributed by atoms with Crippen molar-refractivity contribution in [3.8, 4) is 0 Å². The maximum Gasteiger partial charge on any atom is 0.320 e. The SMILES string of the molecule is C[C@@H](NCc1nc2ccsc2c(=O)[nH]1)C(=O)O. The lowest BCUT2D eigenvalue weighted by Gasteiger charge is -2.07. The highest BCUT2D eigenvalue weighted by Crippen LogP contribution is 2.13. The van der Waals surface area contributed by atoms with Crippen LogP contribution in [0, 0.1) is 0 Å². The number of hydrogen-bond donors (Lipinski definition) is 3. The van der Waals surface area contributed by atoms with Crippen molar-refractivity contribution >= 4 is 27.5 Å². The van der Waals surface area contributed by atoms with Gasteiger partial charge >= 0.3 is 5.97 Å². The van der Waals surface area contributed by atoms with E-state index in [0.29, 0.717) is 16.0 Å². The van der Waals surface area contributed by atoms with Gasteiger partial charge in [-0.05, 0) is 18.4 Å². The van der Waals surface area contributed by atoms with E-state index in [0.717, 1.165) is 0 Å². The molecule has 0 aliphatic carbocycles. The lowest BCUT2D eigenvalue weighted by Crippen LogP contribution is -2.34. The Kier molecular flexibility index (Phi) is 3.21. The third-order valence-corrected chi connectivity index (χ3v) is 3.21. The number of carbonyl (C=O) groups is 1. The van der Waals surface area contributed by atoms with Crippen molar-refractivity contribution in [3.05, 3.63) is 27.6 Å². The minimum atomic E-state index is -0.941. The van der Waals surface area contributed by atoms with Crippen LogP contribution in [0.1, 0.15) is 12.7 Å². The molecule has 0 unspecified atom stereocenters. The fourth-order valence-corrected chi connectivity index (χ4v) is 2.07. The van der Waals surface area contributed by atoms with Gasteiger partial charge in [0.2, 0.25) is 0 Å². The summed E-state index contributed by atoms with van der Waals surface area (Å²) in [6, 6.07) is 1.08. The van der Waals surface area contributed by atoms with E-state index in [1.54, 1.807) is 11.4 Å². The highest BCUT2D eigenvalue weighted by molar-refractivity contribution is 7.17. The van der Waals surface area contributed by atoms with Crippen LogP contribution in [-0.4, -0.2) is 27.1 Å². The van der Waals surface area contributed by atoms with Crippen LogP contribution in [0.4, 0.5) is 0 Å². The summed E-state index contributed by atoms with van der Waals surface area (Å²) in [4.78, 5) is 29.1. The number of nitrogens with one attached hydrogen (secondary N) is 2. The first kappa shape index (κ1) is 11.7. The quantitative estimate of drug-likeness (QED) is 0.739. The van der Waals surface area contributed by atoms with Gasteiger partial charge in [0, 0.05) is 0 Å². The van der Waals surface area contributed by atoms with Crippen LogP contribution in [0.3, 0.4) is 0 Å². The summed E-state index contributed by atoms with van der Waals surface area (Å²) < 4.78 is 0.583. The number of H-pyrrole nitrogens is 1. The normalized spacial score (nSPS) is 12.8. The van der Waals surface area contributed by atoms with Gasteiger partial charge in [-0.2, -0.15) is 0 Å². The molecule has 0 amide bonds. The first-order valence-corrected chi connectivity index (χ1v) is 5.88. The summed E-state index contributed by atoms with van der Waals surface area (Å²) in [5.41, 5.74) is 0.448. The van der Waals surface area contributed by atoms with E-state index in [2.05, 4.69) is 15.3 Å². The van der Waals surface area contributed by atoms with Crippen LogP contribution in [0.5, 0.6) is 0 Å². The Balaban J connectivity index is 2.19. The van der Waals surface area contributed by atoms with Crippen molar-refractivity contribution < 1.29 is 9.90 Å². The number of aromatic nitrogens is 2. The fourth-order valence-electron chi connectivity index (χ4n) is 1.34. The zero-order valence-corrected chi connectivity index (χ0v) is 9.87. The van der Waals surface area contributed by atoms with Gasteiger partial charge in [0.15, 0.2) is 0 Å². The molecule has 0 aliphatic rings. The van der Waals surface area contributed by atoms with Gasteiger partial charge < -0.3 is 10.1 Å². The van der Waals surface area contributed by atoms with E-state index in [9.17, 15) is 9.59 Å². The predicted molar refractivity (Wildman–Crippen MR) is 64.2 cm³/mol. The van der Waals surface area contributed by atoms with Gasteiger partial charge in [0.05, 0.1) is 12.1 Å². The Morgan fingerprint density at radius 2 is 2.47 bits per heavy atom. The number of rotatable bonds is 4. The first-order chi connectivity index (χ1) is 8.08. The second-order valence-electron chi connectivity index (χ2n) is 3.59. The van der Waals surface area contributed by atoms with E-state index in [1.165, 1.54) is 18.3 Å². The molecule has 2 rings (SSSR count). The number of aliphatic carboxylic acids is 1. The summed E-state index contributed by atoms with van der Waals surface area (Å²) in [5, 5.41) is 13.2. The van der Waals surface area contributed by atoms with Gasteiger partial charge in [0.25, 0.3) is 5.56 Å². The number of fused-ring (bicyclic) bond motifs is 1. The zero-order valence-electron chi connectivity index (χ0n) is 9.06. The highest BCUT2D eigenvalue weighted by Gasteiger charge is 2.11. The third kappa shape index (κ3) is 2.51. The number of carboxylic acids is 1. The topological polar surface area (TPSA) is 95.1 Å². The summed E-state index contributed by atoms with van der Waals surface area (Å²) in [6.45, 7) is 1.75.